The van der Waals surface area contributed by atoms with Crippen LogP contribution in [0.2, 0.25) is 0 Å². The molecule has 0 aliphatic carbocycles. The van der Waals surface area contributed by atoms with Crippen molar-refractivity contribution in [1.82, 2.24) is 20.0 Å². The van der Waals surface area contributed by atoms with E-state index in [0.29, 0.717) is 22.5 Å². The molecule has 1 fully saturated rings. The zero-order valence-corrected chi connectivity index (χ0v) is 20.3. The summed E-state index contributed by atoms with van der Waals surface area (Å²) >= 11 is 0. The lowest BCUT2D eigenvalue weighted by Gasteiger charge is -2.12. The molecular formula is C29H23N5O3. The van der Waals surface area contributed by atoms with E-state index in [1.54, 1.807) is 24.3 Å². The molecule has 37 heavy (non-hydrogen) atoms. The van der Waals surface area contributed by atoms with E-state index in [-0.39, 0.29) is 23.4 Å². The van der Waals surface area contributed by atoms with Crippen LogP contribution in [0, 0.1) is 25.2 Å². The van der Waals surface area contributed by atoms with Gasteiger partial charge in [-0.2, -0.15) is 5.26 Å². The Morgan fingerprint density at radius 3 is 2.41 bits per heavy atom. The minimum atomic E-state index is -0.615. The number of imide groups is 1. The normalized spacial score (nSPS) is 14.2. The summed E-state index contributed by atoms with van der Waals surface area (Å²) < 4.78 is 1.46. The fraction of sp³-hybridized carbons (Fsp3) is 0.103. The van der Waals surface area contributed by atoms with Crippen LogP contribution in [-0.2, 0) is 11.3 Å². The molecule has 2 N–H and O–H groups in total. The molecule has 1 aliphatic heterocycles. The van der Waals surface area contributed by atoms with Gasteiger partial charge in [0, 0.05) is 5.56 Å². The Labute approximate surface area is 213 Å². The maximum Gasteiger partial charge on any atom is 0.329 e. The first-order valence-electron chi connectivity index (χ1n) is 11.7. The zero-order chi connectivity index (χ0) is 26.1. The van der Waals surface area contributed by atoms with Crippen molar-refractivity contribution in [3.63, 3.8) is 0 Å². The van der Waals surface area contributed by atoms with E-state index in [0.717, 1.165) is 21.6 Å². The number of carbonyl (C=O) groups is 2. The molecule has 8 heteroatoms. The van der Waals surface area contributed by atoms with Gasteiger partial charge >= 0.3 is 6.03 Å². The second-order valence-corrected chi connectivity index (χ2v) is 8.77. The molecule has 182 valence electrons. The van der Waals surface area contributed by atoms with Crippen molar-refractivity contribution in [3.05, 3.63) is 117 Å². The average molecular weight is 490 g/mol. The van der Waals surface area contributed by atoms with Crippen molar-refractivity contribution in [3.8, 4) is 23.0 Å². The highest BCUT2D eigenvalue weighted by molar-refractivity contribution is 6.14. The maximum atomic E-state index is 13.7. The molecule has 8 nitrogen and oxygen atoms in total. The van der Waals surface area contributed by atoms with Crippen LogP contribution in [0.4, 0.5) is 4.79 Å². The number of urea groups is 1. The van der Waals surface area contributed by atoms with Gasteiger partial charge in [0.25, 0.3) is 11.5 Å². The highest BCUT2D eigenvalue weighted by Crippen LogP contribution is 2.25. The molecule has 3 aromatic carbocycles. The number of rotatable bonds is 5. The maximum absolute atomic E-state index is 13.7. The predicted octanol–water partition coefficient (Wildman–Crippen LogP) is 4.41. The number of carbonyl (C=O) groups excluding carboxylic acids is 2. The zero-order valence-electron chi connectivity index (χ0n) is 20.3. The van der Waals surface area contributed by atoms with Crippen LogP contribution >= 0.6 is 0 Å². The van der Waals surface area contributed by atoms with Gasteiger partial charge in [-0.05, 0) is 48.7 Å². The van der Waals surface area contributed by atoms with Crippen molar-refractivity contribution < 1.29 is 9.59 Å². The highest BCUT2D eigenvalue weighted by Gasteiger charge is 2.34. The molecule has 1 aromatic heterocycles. The first-order valence-corrected chi connectivity index (χ1v) is 11.7. The lowest BCUT2D eigenvalue weighted by atomic mass is 10.1. The fourth-order valence-corrected chi connectivity index (χ4v) is 4.35. The summed E-state index contributed by atoms with van der Waals surface area (Å²) in [6.07, 6.45) is 1.42. The SMILES string of the molecule is Cc1cccc(-n2[nH]c(-c3ccccc3)c(/C=C3\NC(=O)N(Cc4ccccc4C#N)C3=O)c2=O)c1C. The Hall–Kier alpha value is -5.16. The van der Waals surface area contributed by atoms with E-state index in [1.807, 2.05) is 62.4 Å². The molecular weight excluding hydrogens is 466 g/mol. The monoisotopic (exact) mass is 489 g/mol. The molecule has 4 aromatic rings. The van der Waals surface area contributed by atoms with Crippen molar-refractivity contribution in [2.24, 2.45) is 0 Å². The second kappa shape index (κ2) is 9.47. The van der Waals surface area contributed by atoms with Gasteiger partial charge in [-0.3, -0.25) is 19.6 Å². The number of hydrogen-bond donors (Lipinski definition) is 2. The molecule has 0 radical (unpaired) electrons. The Kier molecular flexibility index (Phi) is 6.04. The molecule has 1 saturated heterocycles. The number of aryl methyl sites for hydroxylation is 1. The quantitative estimate of drug-likeness (QED) is 0.319. The van der Waals surface area contributed by atoms with Crippen LogP contribution in [0.5, 0.6) is 0 Å². The molecule has 1 aliphatic rings. The summed E-state index contributed by atoms with van der Waals surface area (Å²) in [4.78, 5) is 40.6. The van der Waals surface area contributed by atoms with E-state index in [1.165, 1.54) is 10.8 Å². The van der Waals surface area contributed by atoms with Gasteiger partial charge in [0.15, 0.2) is 0 Å². The molecule has 0 spiro atoms. The minimum absolute atomic E-state index is 0.0131. The fourth-order valence-electron chi connectivity index (χ4n) is 4.35. The van der Waals surface area contributed by atoms with Crippen molar-refractivity contribution in [2.45, 2.75) is 20.4 Å². The smallest absolute Gasteiger partial charge is 0.303 e. The van der Waals surface area contributed by atoms with Crippen molar-refractivity contribution >= 4 is 18.0 Å². The third-order valence-electron chi connectivity index (χ3n) is 6.52. The first-order chi connectivity index (χ1) is 17.9. The van der Waals surface area contributed by atoms with E-state index in [9.17, 15) is 19.6 Å². The number of hydrogen-bond acceptors (Lipinski definition) is 4. The number of nitrogens with zero attached hydrogens (tertiary/aromatic N) is 3. The van der Waals surface area contributed by atoms with Crippen LogP contribution in [0.3, 0.4) is 0 Å². The van der Waals surface area contributed by atoms with Crippen LogP contribution in [0.15, 0.2) is 83.3 Å². The third kappa shape index (κ3) is 4.23. The summed E-state index contributed by atoms with van der Waals surface area (Å²) in [5.41, 5.74) is 4.77. The Bertz CT molecular complexity index is 1670. The minimum Gasteiger partial charge on any atom is -0.303 e. The highest BCUT2D eigenvalue weighted by atomic mass is 16.2. The summed E-state index contributed by atoms with van der Waals surface area (Å²) in [6.45, 7) is 3.85. The Morgan fingerprint density at radius 2 is 1.65 bits per heavy atom. The number of aromatic nitrogens is 2. The number of H-pyrrole nitrogens is 1. The Balaban J connectivity index is 1.60. The largest absolute Gasteiger partial charge is 0.329 e. The average Bonchev–Trinajstić information content (AvgIpc) is 3.37. The van der Waals surface area contributed by atoms with Crippen molar-refractivity contribution in [1.29, 1.82) is 5.26 Å². The van der Waals surface area contributed by atoms with Gasteiger partial charge in [-0.15, -0.1) is 0 Å². The van der Waals surface area contributed by atoms with Crippen LogP contribution in [0.25, 0.3) is 23.0 Å². The van der Waals surface area contributed by atoms with Crippen molar-refractivity contribution in [2.75, 3.05) is 0 Å². The van der Waals surface area contributed by atoms with Crippen LogP contribution in [-0.4, -0.2) is 26.6 Å². The molecule has 0 unspecified atom stereocenters. The number of nitrogens with one attached hydrogen (secondary N) is 2. The van der Waals surface area contributed by atoms with Gasteiger partial charge in [0.1, 0.15) is 5.70 Å². The van der Waals surface area contributed by atoms with Crippen LogP contribution < -0.4 is 10.9 Å². The molecule has 2 heterocycles. The topological polar surface area (TPSA) is 111 Å². The van der Waals surface area contributed by atoms with E-state index < -0.39 is 11.9 Å². The number of benzene rings is 3. The third-order valence-corrected chi connectivity index (χ3v) is 6.52. The lowest BCUT2D eigenvalue weighted by Crippen LogP contribution is -2.30. The molecule has 3 amide bonds. The molecule has 5 rings (SSSR count). The van der Waals surface area contributed by atoms with Gasteiger partial charge in [-0.25, -0.2) is 9.48 Å². The van der Waals surface area contributed by atoms with Gasteiger partial charge in [0.05, 0.1) is 35.1 Å². The van der Waals surface area contributed by atoms with E-state index >= 15 is 0 Å². The van der Waals surface area contributed by atoms with Gasteiger partial charge < -0.3 is 5.32 Å². The predicted molar refractivity (Wildman–Crippen MR) is 140 cm³/mol. The molecule has 0 atom stereocenters. The standard InChI is InChI=1S/C29H23N5O3/c1-18-9-8-14-25(19(18)2)34-27(35)23(26(32-34)20-10-4-3-5-11-20)15-24-28(36)33(29(37)31-24)17-22-13-7-6-12-21(22)16-30/h3-15,32H,17H2,1-2H3,(H,31,37)/b24-15-. The van der Waals surface area contributed by atoms with Gasteiger partial charge in [-0.1, -0.05) is 60.7 Å². The summed E-state index contributed by atoms with van der Waals surface area (Å²) in [5, 5.41) is 15.2. The summed E-state index contributed by atoms with van der Waals surface area (Å²) in [7, 11) is 0. The molecule has 0 saturated carbocycles. The lowest BCUT2D eigenvalue weighted by molar-refractivity contribution is -0.123. The summed E-state index contributed by atoms with van der Waals surface area (Å²) in [5.74, 6) is -0.573. The first kappa shape index (κ1) is 23.6. The van der Waals surface area contributed by atoms with E-state index in [4.69, 9.17) is 0 Å². The Morgan fingerprint density at radius 1 is 0.919 bits per heavy atom. The van der Waals surface area contributed by atoms with E-state index in [2.05, 4.69) is 16.5 Å². The number of aromatic amines is 1. The van der Waals surface area contributed by atoms with Gasteiger partial charge in [0.2, 0.25) is 0 Å². The van der Waals surface area contributed by atoms with Crippen LogP contribution in [0.1, 0.15) is 27.8 Å². The second-order valence-electron chi connectivity index (χ2n) is 8.77. The summed E-state index contributed by atoms with van der Waals surface area (Å²) in [6, 6.07) is 23.3. The number of amides is 3. The molecule has 0 bridgehead atoms. The number of nitriles is 1.